The molecular formula is C16H16N2O2S. The van der Waals surface area contributed by atoms with Crippen molar-refractivity contribution in [1.82, 2.24) is 4.57 Å². The van der Waals surface area contributed by atoms with E-state index in [0.29, 0.717) is 24.6 Å². The Balaban J connectivity index is 1.61. The molecule has 21 heavy (non-hydrogen) atoms. The topological polar surface area (TPSA) is 57.2 Å². The van der Waals surface area contributed by atoms with Gasteiger partial charge in [0.25, 0.3) is 5.56 Å². The largest absolute Gasteiger partial charge is 0.491 e. The number of hydrogen-bond donors (Lipinski definition) is 1. The van der Waals surface area contributed by atoms with Crippen molar-refractivity contribution in [3.8, 4) is 5.75 Å². The first-order valence-corrected chi connectivity index (χ1v) is 7.67. The van der Waals surface area contributed by atoms with Crippen LogP contribution in [0, 0.1) is 0 Å². The van der Waals surface area contributed by atoms with Crippen LogP contribution in [-0.4, -0.2) is 11.2 Å². The van der Waals surface area contributed by atoms with E-state index in [2.05, 4.69) is 0 Å². The van der Waals surface area contributed by atoms with E-state index >= 15 is 0 Å². The summed E-state index contributed by atoms with van der Waals surface area (Å²) in [5.41, 5.74) is 6.51. The fraction of sp³-hybridized carbons (Fsp3) is 0.188. The Hall–Kier alpha value is -2.27. The Bertz CT molecular complexity index is 807. The minimum Gasteiger partial charge on any atom is -0.491 e. The summed E-state index contributed by atoms with van der Waals surface area (Å²) in [7, 11) is 0. The van der Waals surface area contributed by atoms with Gasteiger partial charge < -0.3 is 15.0 Å². The maximum Gasteiger partial charge on any atom is 0.259 e. The lowest BCUT2D eigenvalue weighted by Crippen LogP contribution is -2.20. The smallest absolute Gasteiger partial charge is 0.259 e. The van der Waals surface area contributed by atoms with Crippen LogP contribution in [0.5, 0.6) is 5.75 Å². The SMILES string of the molecule is Nc1ccccc1OCCCn1ccc2sccc2c1=O. The van der Waals surface area contributed by atoms with E-state index in [1.807, 2.05) is 48.0 Å². The summed E-state index contributed by atoms with van der Waals surface area (Å²) in [5.74, 6) is 0.693. The molecule has 1 aromatic carbocycles. The molecule has 2 N–H and O–H groups in total. The van der Waals surface area contributed by atoms with Crippen LogP contribution in [0.3, 0.4) is 0 Å². The number of anilines is 1. The molecule has 0 aliphatic heterocycles. The fourth-order valence-electron chi connectivity index (χ4n) is 2.21. The fourth-order valence-corrected chi connectivity index (χ4v) is 2.98. The molecule has 0 unspecified atom stereocenters. The highest BCUT2D eigenvalue weighted by Gasteiger charge is 2.04. The molecule has 0 aliphatic carbocycles. The summed E-state index contributed by atoms with van der Waals surface area (Å²) in [5, 5.41) is 2.73. The van der Waals surface area contributed by atoms with E-state index in [-0.39, 0.29) is 5.56 Å². The van der Waals surface area contributed by atoms with Gasteiger partial charge in [0.05, 0.1) is 17.7 Å². The predicted octanol–water partition coefficient (Wildman–Crippen LogP) is 3.11. The van der Waals surface area contributed by atoms with Crippen molar-refractivity contribution in [2.75, 3.05) is 12.3 Å². The number of para-hydroxylation sites is 2. The molecule has 2 heterocycles. The van der Waals surface area contributed by atoms with E-state index < -0.39 is 0 Å². The Labute approximate surface area is 126 Å². The third-order valence-electron chi connectivity index (χ3n) is 3.31. The minimum absolute atomic E-state index is 0.0629. The summed E-state index contributed by atoms with van der Waals surface area (Å²) in [6, 6.07) is 11.3. The summed E-state index contributed by atoms with van der Waals surface area (Å²) in [6.07, 6.45) is 2.60. The number of hydrogen-bond acceptors (Lipinski definition) is 4. The summed E-state index contributed by atoms with van der Waals surface area (Å²) >= 11 is 1.59. The standard InChI is InChI=1S/C16H16N2O2S/c17-13-4-1-2-5-14(13)20-10-3-8-18-9-6-15-12(16(18)19)7-11-21-15/h1-2,4-7,9,11H,3,8,10,17H2. The zero-order valence-corrected chi connectivity index (χ0v) is 12.3. The van der Waals surface area contributed by atoms with Gasteiger partial charge in [-0.2, -0.15) is 0 Å². The number of fused-ring (bicyclic) bond motifs is 1. The Kier molecular flexibility index (Phi) is 3.92. The Morgan fingerprint density at radius 3 is 2.90 bits per heavy atom. The lowest BCUT2D eigenvalue weighted by Gasteiger charge is -2.09. The van der Waals surface area contributed by atoms with E-state index in [0.717, 1.165) is 16.5 Å². The number of nitrogen functional groups attached to an aromatic ring is 1. The van der Waals surface area contributed by atoms with Crippen LogP contribution in [0.15, 0.2) is 52.8 Å². The number of ether oxygens (including phenoxy) is 1. The van der Waals surface area contributed by atoms with Crippen LogP contribution in [-0.2, 0) is 6.54 Å². The van der Waals surface area contributed by atoms with Crippen LogP contribution >= 0.6 is 11.3 Å². The van der Waals surface area contributed by atoms with Crippen molar-refractivity contribution < 1.29 is 4.74 Å². The van der Waals surface area contributed by atoms with Gasteiger partial charge in [0.15, 0.2) is 0 Å². The maximum atomic E-state index is 12.2. The molecule has 3 rings (SSSR count). The quantitative estimate of drug-likeness (QED) is 0.582. The van der Waals surface area contributed by atoms with E-state index in [1.54, 1.807) is 15.9 Å². The number of nitrogens with two attached hydrogens (primary N) is 1. The summed E-state index contributed by atoms with van der Waals surface area (Å²) < 4.78 is 8.39. The first kappa shape index (κ1) is 13.7. The van der Waals surface area contributed by atoms with Gasteiger partial charge in [-0.1, -0.05) is 12.1 Å². The van der Waals surface area contributed by atoms with Crippen molar-refractivity contribution >= 4 is 27.1 Å². The average molecular weight is 300 g/mol. The van der Waals surface area contributed by atoms with Crippen LogP contribution in [0.4, 0.5) is 5.69 Å². The minimum atomic E-state index is 0.0629. The second-order valence-electron chi connectivity index (χ2n) is 4.75. The van der Waals surface area contributed by atoms with Gasteiger partial charge in [0, 0.05) is 17.4 Å². The van der Waals surface area contributed by atoms with E-state index in [4.69, 9.17) is 10.5 Å². The van der Waals surface area contributed by atoms with Crippen molar-refractivity contribution in [2.24, 2.45) is 0 Å². The van der Waals surface area contributed by atoms with E-state index in [9.17, 15) is 4.79 Å². The van der Waals surface area contributed by atoms with Gasteiger partial charge in [-0.05, 0) is 36.1 Å². The number of rotatable bonds is 5. The molecular weight excluding hydrogens is 284 g/mol. The number of pyridine rings is 1. The molecule has 0 radical (unpaired) electrons. The molecule has 5 heteroatoms. The zero-order valence-electron chi connectivity index (χ0n) is 11.5. The molecule has 3 aromatic rings. The van der Waals surface area contributed by atoms with Gasteiger partial charge >= 0.3 is 0 Å². The number of thiophene rings is 1. The van der Waals surface area contributed by atoms with Crippen LogP contribution in [0.1, 0.15) is 6.42 Å². The first-order chi connectivity index (χ1) is 10.3. The highest BCUT2D eigenvalue weighted by molar-refractivity contribution is 7.17. The second-order valence-corrected chi connectivity index (χ2v) is 5.70. The monoisotopic (exact) mass is 300 g/mol. The van der Waals surface area contributed by atoms with Crippen LogP contribution in [0.2, 0.25) is 0 Å². The molecule has 0 spiro atoms. The molecule has 2 aromatic heterocycles. The lowest BCUT2D eigenvalue weighted by molar-refractivity contribution is 0.302. The summed E-state index contributed by atoms with van der Waals surface area (Å²) in [6.45, 7) is 1.17. The number of benzene rings is 1. The van der Waals surface area contributed by atoms with Gasteiger partial charge in [-0.15, -0.1) is 11.3 Å². The van der Waals surface area contributed by atoms with Crippen LogP contribution < -0.4 is 16.0 Å². The molecule has 0 aliphatic rings. The Morgan fingerprint density at radius 1 is 1.19 bits per heavy atom. The second kappa shape index (κ2) is 6.01. The van der Waals surface area contributed by atoms with Gasteiger partial charge in [-0.3, -0.25) is 4.79 Å². The Morgan fingerprint density at radius 2 is 2.05 bits per heavy atom. The van der Waals surface area contributed by atoms with Gasteiger partial charge in [0.1, 0.15) is 5.75 Å². The third kappa shape index (κ3) is 2.92. The van der Waals surface area contributed by atoms with E-state index in [1.165, 1.54) is 0 Å². The van der Waals surface area contributed by atoms with Crippen molar-refractivity contribution in [1.29, 1.82) is 0 Å². The first-order valence-electron chi connectivity index (χ1n) is 6.79. The van der Waals surface area contributed by atoms with Crippen LogP contribution in [0.25, 0.3) is 10.1 Å². The number of aryl methyl sites for hydroxylation is 1. The highest BCUT2D eigenvalue weighted by Crippen LogP contribution is 2.20. The van der Waals surface area contributed by atoms with Crippen molar-refractivity contribution in [3.63, 3.8) is 0 Å². The molecule has 0 amide bonds. The number of nitrogens with zero attached hydrogens (tertiary/aromatic N) is 1. The van der Waals surface area contributed by atoms with Crippen molar-refractivity contribution in [3.05, 3.63) is 58.3 Å². The molecule has 0 fully saturated rings. The van der Waals surface area contributed by atoms with Gasteiger partial charge in [-0.25, -0.2) is 0 Å². The van der Waals surface area contributed by atoms with Gasteiger partial charge in [0.2, 0.25) is 0 Å². The third-order valence-corrected chi connectivity index (χ3v) is 4.19. The van der Waals surface area contributed by atoms with Crippen molar-refractivity contribution in [2.45, 2.75) is 13.0 Å². The molecule has 108 valence electrons. The molecule has 0 bridgehead atoms. The molecule has 0 saturated heterocycles. The normalized spacial score (nSPS) is 10.9. The predicted molar refractivity (Wildman–Crippen MR) is 87.1 cm³/mol. The lowest BCUT2D eigenvalue weighted by atomic mass is 10.3. The molecule has 0 saturated carbocycles. The summed E-state index contributed by atoms with van der Waals surface area (Å²) in [4.78, 5) is 12.2. The maximum absolute atomic E-state index is 12.2. The number of aromatic nitrogens is 1. The molecule has 4 nitrogen and oxygen atoms in total. The average Bonchev–Trinajstić information content (AvgIpc) is 2.97. The highest BCUT2D eigenvalue weighted by atomic mass is 32.1. The molecule has 0 atom stereocenters. The zero-order chi connectivity index (χ0) is 14.7.